The molecule has 0 N–H and O–H groups in total. The molecule has 0 unspecified atom stereocenters. The Kier molecular flexibility index (Phi) is 246. The van der Waals surface area contributed by atoms with Crippen molar-refractivity contribution in [2.75, 3.05) is 27.2 Å². The van der Waals surface area contributed by atoms with Crippen LogP contribution in [0.1, 0.15) is 27.7 Å². The zero-order valence-corrected chi connectivity index (χ0v) is 19.3. The Hall–Kier alpha value is 3.07. The van der Waals surface area contributed by atoms with Crippen molar-refractivity contribution in [3.05, 3.63) is 39.3 Å². The van der Waals surface area contributed by atoms with E-state index < -0.39 is 0 Å². The Morgan fingerprint density at radius 2 is 0.905 bits per heavy atom. The minimum absolute atomic E-state index is 0. The molecule has 154 valence electrons. The van der Waals surface area contributed by atoms with Crippen molar-refractivity contribution in [3.8, 4) is 0 Å². The Morgan fingerprint density at radius 3 is 0.905 bits per heavy atom. The van der Waals surface area contributed by atoms with Crippen molar-refractivity contribution in [1.82, 2.24) is 0 Å². The van der Waals surface area contributed by atoms with E-state index >= 15 is 0 Å². The summed E-state index contributed by atoms with van der Waals surface area (Å²) in [5, 5.41) is 7.58. The van der Waals surface area contributed by atoms with Crippen LogP contribution in [0.15, 0.2) is 0 Å². The van der Waals surface area contributed by atoms with Crippen LogP contribution in [0.2, 0.25) is 0 Å². The molecule has 0 saturated heterocycles. The second-order valence-electron chi connectivity index (χ2n) is 1.88. The standard InChI is InChI=1S/2C4H9N.2CH4.2CH3.4ClH.3Pd/c2*1-3-4-5-2;;;;;;;;;;;/h2*1,3-4H2,2H3;2*1H4;2*1H3;4*1H;;;/q2*-2;;;2*-1;;;;;;2*+2/p-4. The predicted molar refractivity (Wildman–Crippen MR) is 98.0 cm³/mol. The van der Waals surface area contributed by atoms with Gasteiger partial charge in [-0.15, -0.1) is 0 Å². The van der Waals surface area contributed by atoms with Crippen LogP contribution in [0.5, 0.6) is 0 Å². The normalized spacial score (nSPS) is 6.10. The van der Waals surface area contributed by atoms with Gasteiger partial charge < -0.3 is 39.3 Å². The van der Waals surface area contributed by atoms with Crippen molar-refractivity contribution in [1.29, 1.82) is 0 Å². The third kappa shape index (κ3) is 205. The molecule has 0 heterocycles. The van der Waals surface area contributed by atoms with E-state index in [1.54, 1.807) is 14.1 Å². The van der Waals surface area contributed by atoms with Crippen LogP contribution < -0.4 is 0 Å². The summed E-state index contributed by atoms with van der Waals surface area (Å²) in [6, 6.07) is 0. The van der Waals surface area contributed by atoms with E-state index in [4.69, 9.17) is 38.1 Å². The van der Waals surface area contributed by atoms with Crippen LogP contribution in [-0.2, 0) is 52.3 Å². The molecular weight excluding hydrogens is 633 g/mol. The van der Waals surface area contributed by atoms with Crippen molar-refractivity contribution in [3.63, 3.8) is 0 Å². The monoisotopic (exact) mass is 662 g/mol. The van der Waals surface area contributed by atoms with Gasteiger partial charge in [0, 0.05) is 20.4 Å². The molecule has 0 aromatic heterocycles. The Morgan fingerprint density at radius 1 is 0.762 bits per heavy atom. The quantitative estimate of drug-likeness (QED) is 0.222. The largest absolute Gasteiger partial charge is 0 e. The molecule has 0 atom stereocenters. The number of nitrogens with zero attached hydrogens (tertiary/aromatic N) is 2. The number of hydrogen-bond acceptors (Lipinski definition) is 0. The molecule has 0 aromatic rings. The molecule has 0 rings (SSSR count). The molecule has 9 heteroatoms. The maximum Gasteiger partial charge on any atom is 0 e. The second kappa shape index (κ2) is 91.7. The van der Waals surface area contributed by atoms with E-state index in [2.05, 4.69) is 24.5 Å². The SMILES string of the molecule is C.C.[CH2-]CC[N-]C.[CH2-]CC[N-]C.[CH3-].[CH3-].[Cl][Pd][Cl].[Cl][Pd][Cl].[Pd]. The summed E-state index contributed by atoms with van der Waals surface area (Å²) in [6.07, 6.45) is 1.85. The molecule has 0 bridgehead atoms. The molecular formula is C12H32Cl4N2Pd3-6. The van der Waals surface area contributed by atoms with Gasteiger partial charge in [-0.2, -0.15) is 27.2 Å². The molecule has 0 fully saturated rings. The topological polar surface area (TPSA) is 28.2 Å². The van der Waals surface area contributed by atoms with Crippen molar-refractivity contribution >= 4 is 38.1 Å². The van der Waals surface area contributed by atoms with Gasteiger partial charge in [0.05, 0.1) is 0 Å². The summed E-state index contributed by atoms with van der Waals surface area (Å²) < 4.78 is 0. The van der Waals surface area contributed by atoms with Crippen LogP contribution in [0.25, 0.3) is 10.6 Å². The molecule has 0 aliphatic carbocycles. The first-order valence-electron chi connectivity index (χ1n) is 4.00. The smallest absolute Gasteiger partial charge is 0 e. The van der Waals surface area contributed by atoms with Gasteiger partial charge in [-0.1, -0.05) is 14.9 Å². The van der Waals surface area contributed by atoms with Gasteiger partial charge in [0.25, 0.3) is 0 Å². The van der Waals surface area contributed by atoms with Gasteiger partial charge in [-0.05, 0) is 0 Å². The summed E-state index contributed by atoms with van der Waals surface area (Å²) >= 11 is -0.211. The summed E-state index contributed by atoms with van der Waals surface area (Å²) in [4.78, 5) is 0. The Labute approximate surface area is 182 Å². The Balaban J connectivity index is -0.0000000124. The first-order valence-corrected chi connectivity index (χ1v) is 12.0. The molecule has 0 aliphatic rings. The van der Waals surface area contributed by atoms with Crippen LogP contribution in [0, 0.1) is 28.7 Å². The molecule has 0 aliphatic heterocycles. The Bertz CT molecular complexity index is 70.5. The van der Waals surface area contributed by atoms with E-state index in [9.17, 15) is 0 Å². The summed E-state index contributed by atoms with van der Waals surface area (Å²) in [6.45, 7) is 8.97. The van der Waals surface area contributed by atoms with Crippen LogP contribution in [0.4, 0.5) is 0 Å². The molecule has 0 amide bonds. The zero-order valence-electron chi connectivity index (χ0n) is 11.6. The van der Waals surface area contributed by atoms with Gasteiger partial charge in [-0.25, -0.2) is 12.8 Å². The molecule has 0 saturated carbocycles. The molecule has 0 spiro atoms. The van der Waals surface area contributed by atoms with Gasteiger partial charge in [0.15, 0.2) is 0 Å². The fourth-order valence-corrected chi connectivity index (χ4v) is 0.316. The minimum atomic E-state index is -0.106. The third-order valence-electron chi connectivity index (χ3n) is 0.763. The van der Waals surface area contributed by atoms with Gasteiger partial charge in [0.2, 0.25) is 0 Å². The fraction of sp³-hybridized carbons (Fsp3) is 0.667. The molecule has 2 nitrogen and oxygen atoms in total. The first kappa shape index (κ1) is 56.4. The van der Waals surface area contributed by atoms with Gasteiger partial charge in [-0.3, -0.25) is 0 Å². The van der Waals surface area contributed by atoms with Crippen LogP contribution in [0.3, 0.4) is 0 Å². The number of halogens is 4. The maximum atomic E-state index is 4.81. The molecule has 21 heavy (non-hydrogen) atoms. The van der Waals surface area contributed by atoms with Gasteiger partial charge >= 0.3 is 70.0 Å². The summed E-state index contributed by atoms with van der Waals surface area (Å²) in [7, 11) is 22.8. The zero-order chi connectivity index (χ0) is 13.7. The van der Waals surface area contributed by atoms with Crippen molar-refractivity contribution < 1.29 is 52.3 Å². The second-order valence-corrected chi connectivity index (χ2v) is 6.60. The summed E-state index contributed by atoms with van der Waals surface area (Å²) in [5.74, 6) is 0. The predicted octanol–water partition coefficient (Wildman–Crippen LogP) is 7.35. The van der Waals surface area contributed by atoms with E-state index in [-0.39, 0.29) is 82.0 Å². The maximum absolute atomic E-state index is 4.81. The number of rotatable bonds is 4. The van der Waals surface area contributed by atoms with E-state index in [0.717, 1.165) is 25.9 Å². The van der Waals surface area contributed by atoms with Crippen LogP contribution >= 0.6 is 38.1 Å². The molecule has 0 aromatic carbocycles. The van der Waals surface area contributed by atoms with Crippen molar-refractivity contribution in [2.24, 2.45) is 0 Å². The first-order chi connectivity index (χ1) is 7.66. The number of hydrogen-bond donors (Lipinski definition) is 0. The van der Waals surface area contributed by atoms with E-state index in [0.29, 0.717) is 0 Å². The van der Waals surface area contributed by atoms with E-state index in [1.807, 2.05) is 0 Å². The molecule has 0 radical (unpaired) electrons. The third-order valence-corrected chi connectivity index (χ3v) is 0.763. The van der Waals surface area contributed by atoms with E-state index in [1.165, 1.54) is 0 Å². The minimum Gasteiger partial charge on any atom is 0 e. The fourth-order valence-electron chi connectivity index (χ4n) is 0.316. The van der Waals surface area contributed by atoms with Crippen molar-refractivity contribution in [2.45, 2.75) is 27.7 Å². The average Bonchev–Trinajstić information content (AvgIpc) is 2.23. The van der Waals surface area contributed by atoms with Gasteiger partial charge in [0.1, 0.15) is 0 Å². The van der Waals surface area contributed by atoms with Crippen LogP contribution in [-0.4, -0.2) is 27.2 Å². The average molecular weight is 665 g/mol. The summed E-state index contributed by atoms with van der Waals surface area (Å²) in [5.41, 5.74) is 0.